The van der Waals surface area contributed by atoms with Crippen LogP contribution < -0.4 is 15.2 Å². The molecule has 9 heteroatoms. The van der Waals surface area contributed by atoms with Gasteiger partial charge in [0.1, 0.15) is 13.2 Å². The Balaban J connectivity index is 1.36. The van der Waals surface area contributed by atoms with Crippen molar-refractivity contribution < 1.29 is 14.3 Å². The van der Waals surface area contributed by atoms with E-state index in [9.17, 15) is 9.59 Å². The van der Waals surface area contributed by atoms with Crippen molar-refractivity contribution in [3.05, 3.63) is 70.1 Å². The molecule has 1 aliphatic heterocycles. The number of ether oxygens (including phenoxy) is 2. The predicted octanol–water partition coefficient (Wildman–Crippen LogP) is 2.14. The molecule has 0 aliphatic carbocycles. The Kier molecular flexibility index (Phi) is 6.08. The summed E-state index contributed by atoms with van der Waals surface area (Å²) in [6.45, 7) is 1.92. The second kappa shape index (κ2) is 9.08. The van der Waals surface area contributed by atoms with Crippen LogP contribution in [-0.2, 0) is 17.9 Å². The average molecular weight is 426 g/mol. The van der Waals surface area contributed by atoms with Gasteiger partial charge in [-0.25, -0.2) is 9.89 Å². The maximum Gasteiger partial charge on any atom is 0.344 e. The molecule has 1 aliphatic rings. The van der Waals surface area contributed by atoms with E-state index in [0.29, 0.717) is 37.2 Å². The van der Waals surface area contributed by atoms with Gasteiger partial charge in [0.05, 0.1) is 12.3 Å². The van der Waals surface area contributed by atoms with Crippen LogP contribution in [0.3, 0.4) is 0 Å². The first-order valence-corrected chi connectivity index (χ1v) is 10.5. The van der Waals surface area contributed by atoms with Crippen molar-refractivity contribution in [2.24, 2.45) is 0 Å². The van der Waals surface area contributed by atoms with Crippen molar-refractivity contribution >= 4 is 17.7 Å². The highest BCUT2D eigenvalue weighted by Crippen LogP contribution is 2.31. The molecule has 2 heterocycles. The number of hydrogen-bond acceptors (Lipinski definition) is 6. The number of nitrogens with zero attached hydrogens (tertiary/aromatic N) is 3. The van der Waals surface area contributed by atoms with E-state index >= 15 is 0 Å². The van der Waals surface area contributed by atoms with Crippen LogP contribution in [0.25, 0.3) is 0 Å². The molecule has 0 saturated heterocycles. The molecule has 1 amide bonds. The van der Waals surface area contributed by atoms with Crippen LogP contribution in [0.15, 0.2) is 58.5 Å². The molecular formula is C21H22N4O4S. The maximum atomic E-state index is 12.6. The third-order valence-corrected chi connectivity index (χ3v) is 5.64. The highest BCUT2D eigenvalue weighted by molar-refractivity contribution is 7.99. The largest absolute Gasteiger partial charge is 0.486 e. The minimum absolute atomic E-state index is 0.0587. The summed E-state index contributed by atoms with van der Waals surface area (Å²) < 4.78 is 12.7. The topological polar surface area (TPSA) is 89.5 Å². The Morgan fingerprint density at radius 3 is 2.70 bits per heavy atom. The van der Waals surface area contributed by atoms with Crippen molar-refractivity contribution in [3.63, 3.8) is 0 Å². The summed E-state index contributed by atoms with van der Waals surface area (Å²) in [6.07, 6.45) is 0. The first-order chi connectivity index (χ1) is 14.6. The van der Waals surface area contributed by atoms with E-state index in [2.05, 4.69) is 10.2 Å². The molecule has 1 N–H and O–H groups in total. The van der Waals surface area contributed by atoms with Gasteiger partial charge in [-0.1, -0.05) is 48.2 Å². The Bertz CT molecular complexity index is 1080. The summed E-state index contributed by atoms with van der Waals surface area (Å²) >= 11 is 1.24. The van der Waals surface area contributed by atoms with Crippen LogP contribution in [0.2, 0.25) is 0 Å². The summed E-state index contributed by atoms with van der Waals surface area (Å²) in [7, 11) is 1.75. The molecule has 4 rings (SSSR count). The summed E-state index contributed by atoms with van der Waals surface area (Å²) in [5.41, 5.74) is 1.66. The van der Waals surface area contributed by atoms with Crippen LogP contribution in [0.5, 0.6) is 11.5 Å². The smallest absolute Gasteiger partial charge is 0.344 e. The molecular weight excluding hydrogens is 404 g/mol. The third kappa shape index (κ3) is 4.68. The second-order valence-corrected chi connectivity index (χ2v) is 7.84. The maximum absolute atomic E-state index is 12.6. The quantitative estimate of drug-likeness (QED) is 0.583. The summed E-state index contributed by atoms with van der Waals surface area (Å²) in [4.78, 5) is 26.3. The number of aromatic amines is 1. The minimum Gasteiger partial charge on any atom is -0.486 e. The van der Waals surface area contributed by atoms with Crippen LogP contribution in [0.4, 0.5) is 0 Å². The highest BCUT2D eigenvalue weighted by Gasteiger charge is 2.16. The van der Waals surface area contributed by atoms with E-state index in [0.717, 1.165) is 16.9 Å². The molecule has 0 radical (unpaired) electrons. The summed E-state index contributed by atoms with van der Waals surface area (Å²) in [5, 5.41) is 7.02. The van der Waals surface area contributed by atoms with E-state index in [1.165, 1.54) is 16.3 Å². The first kappa shape index (κ1) is 20.1. The molecule has 1 aromatic heterocycles. The Labute approximate surface area is 177 Å². The van der Waals surface area contributed by atoms with Gasteiger partial charge in [0, 0.05) is 13.6 Å². The number of nitrogens with one attached hydrogen (secondary N) is 1. The molecule has 0 atom stereocenters. The van der Waals surface area contributed by atoms with E-state index in [1.54, 1.807) is 11.9 Å². The third-order valence-electron chi connectivity index (χ3n) is 4.68. The van der Waals surface area contributed by atoms with Gasteiger partial charge in [-0.3, -0.25) is 9.36 Å². The van der Waals surface area contributed by atoms with Gasteiger partial charge < -0.3 is 14.4 Å². The van der Waals surface area contributed by atoms with Crippen LogP contribution >= 0.6 is 11.8 Å². The minimum atomic E-state index is -0.293. The zero-order valence-corrected chi connectivity index (χ0v) is 17.4. The molecule has 0 bridgehead atoms. The zero-order valence-electron chi connectivity index (χ0n) is 16.5. The molecule has 0 fully saturated rings. The van der Waals surface area contributed by atoms with Gasteiger partial charge in [-0.15, -0.1) is 5.10 Å². The fourth-order valence-electron chi connectivity index (χ4n) is 3.10. The van der Waals surface area contributed by atoms with E-state index in [1.807, 2.05) is 48.5 Å². The van der Waals surface area contributed by atoms with Crippen molar-refractivity contribution in [3.8, 4) is 11.5 Å². The van der Waals surface area contributed by atoms with Crippen LogP contribution in [0.1, 0.15) is 11.1 Å². The van der Waals surface area contributed by atoms with Crippen molar-refractivity contribution in [1.29, 1.82) is 0 Å². The number of hydrogen-bond donors (Lipinski definition) is 1. The normalized spacial score (nSPS) is 12.6. The fraction of sp³-hybridized carbons (Fsp3) is 0.286. The molecule has 0 unspecified atom stereocenters. The van der Waals surface area contributed by atoms with E-state index in [-0.39, 0.29) is 17.3 Å². The molecule has 0 spiro atoms. The monoisotopic (exact) mass is 426 g/mol. The summed E-state index contributed by atoms with van der Waals surface area (Å²) in [6, 6.07) is 15.3. The number of aromatic nitrogens is 3. The number of carbonyl (C=O) groups is 1. The van der Waals surface area contributed by atoms with Gasteiger partial charge in [0.15, 0.2) is 16.7 Å². The molecule has 2 aromatic carbocycles. The molecule has 8 nitrogen and oxygen atoms in total. The SMILES string of the molecule is CN(Cc1ccc2c(c1)OCCO2)C(=O)CSc1n[nH]c(=O)n1Cc1ccccc1. The highest BCUT2D eigenvalue weighted by atomic mass is 32.2. The molecule has 156 valence electrons. The lowest BCUT2D eigenvalue weighted by Gasteiger charge is -2.21. The fourth-order valence-corrected chi connectivity index (χ4v) is 3.99. The van der Waals surface area contributed by atoms with Gasteiger partial charge in [-0.05, 0) is 23.3 Å². The molecule has 30 heavy (non-hydrogen) atoms. The predicted molar refractivity (Wildman–Crippen MR) is 113 cm³/mol. The van der Waals surface area contributed by atoms with Crippen LogP contribution in [-0.4, -0.2) is 51.6 Å². The van der Waals surface area contributed by atoms with Gasteiger partial charge in [0.2, 0.25) is 5.91 Å². The first-order valence-electron chi connectivity index (χ1n) is 9.54. The van der Waals surface area contributed by atoms with Crippen molar-refractivity contribution in [1.82, 2.24) is 19.7 Å². The number of amides is 1. The zero-order chi connectivity index (χ0) is 20.9. The Hall–Kier alpha value is -3.20. The Morgan fingerprint density at radius 1 is 1.13 bits per heavy atom. The molecule has 3 aromatic rings. The van der Waals surface area contributed by atoms with Crippen molar-refractivity contribution in [2.75, 3.05) is 26.0 Å². The molecule has 0 saturated carbocycles. The van der Waals surface area contributed by atoms with Crippen LogP contribution in [0, 0.1) is 0 Å². The number of fused-ring (bicyclic) bond motifs is 1. The number of rotatable bonds is 7. The standard InChI is InChI=1S/C21H22N4O4S/c1-24(12-16-7-8-17-18(11-16)29-10-9-28-17)19(26)14-30-21-23-22-20(27)25(21)13-15-5-3-2-4-6-15/h2-8,11H,9-10,12-14H2,1H3,(H,22,27). The number of thioether (sulfide) groups is 1. The van der Waals surface area contributed by atoms with Gasteiger partial charge in [-0.2, -0.15) is 0 Å². The summed E-state index contributed by atoms with van der Waals surface area (Å²) in [5.74, 6) is 1.55. The van der Waals surface area contributed by atoms with E-state index < -0.39 is 0 Å². The Morgan fingerprint density at radius 2 is 1.90 bits per heavy atom. The second-order valence-electron chi connectivity index (χ2n) is 6.90. The lowest BCUT2D eigenvalue weighted by Crippen LogP contribution is -2.28. The lowest BCUT2D eigenvalue weighted by atomic mass is 10.2. The average Bonchev–Trinajstić information content (AvgIpc) is 3.12. The van der Waals surface area contributed by atoms with Crippen molar-refractivity contribution in [2.45, 2.75) is 18.2 Å². The lowest BCUT2D eigenvalue weighted by molar-refractivity contribution is -0.127. The van der Waals surface area contributed by atoms with Gasteiger partial charge in [0.25, 0.3) is 0 Å². The number of H-pyrrole nitrogens is 1. The van der Waals surface area contributed by atoms with E-state index in [4.69, 9.17) is 9.47 Å². The number of carbonyl (C=O) groups excluding carboxylic acids is 1. The van der Waals surface area contributed by atoms with Gasteiger partial charge >= 0.3 is 5.69 Å². The number of benzene rings is 2.